The van der Waals surface area contributed by atoms with E-state index in [1.165, 1.54) is 6.92 Å². The maximum atomic E-state index is 12.2. The largest absolute Gasteiger partial charge is 0.481 e. The highest BCUT2D eigenvalue weighted by Gasteiger charge is 2.38. The fraction of sp³-hybridized carbons (Fsp3) is 0.846. The molecule has 0 bridgehead atoms. The molecular formula is C13H20F3NO3. The average Bonchev–Trinajstić information content (AvgIpc) is 2.60. The molecule has 0 aromatic heterocycles. The van der Waals surface area contributed by atoms with Gasteiger partial charge in [-0.2, -0.15) is 13.2 Å². The van der Waals surface area contributed by atoms with Crippen LogP contribution in [-0.4, -0.2) is 29.2 Å². The zero-order valence-electron chi connectivity index (χ0n) is 11.4. The van der Waals surface area contributed by atoms with Gasteiger partial charge in [-0.3, -0.25) is 9.59 Å². The number of alkyl halides is 3. The maximum absolute atomic E-state index is 12.2. The molecule has 1 amide bonds. The Labute approximate surface area is 115 Å². The molecule has 0 spiro atoms. The lowest BCUT2D eigenvalue weighted by atomic mass is 9.79. The number of rotatable bonds is 6. The first kappa shape index (κ1) is 16.8. The first-order valence-corrected chi connectivity index (χ1v) is 6.70. The maximum Gasteiger partial charge on any atom is 0.391 e. The lowest BCUT2D eigenvalue weighted by Gasteiger charge is -2.27. The van der Waals surface area contributed by atoms with E-state index >= 15 is 0 Å². The molecule has 0 radical (unpaired) electrons. The zero-order valence-corrected chi connectivity index (χ0v) is 11.4. The van der Waals surface area contributed by atoms with Crippen LogP contribution in [0.3, 0.4) is 0 Å². The highest BCUT2D eigenvalue weighted by molar-refractivity contribution is 5.78. The van der Waals surface area contributed by atoms with E-state index in [9.17, 15) is 22.8 Å². The summed E-state index contributed by atoms with van der Waals surface area (Å²) in [5, 5.41) is 11.2. The SMILES string of the molecule is CC(CC(F)(F)F)NC(=O)CC1(CC(=O)O)CCCC1. The van der Waals surface area contributed by atoms with Crippen LogP contribution in [0.4, 0.5) is 13.2 Å². The van der Waals surface area contributed by atoms with E-state index in [0.717, 1.165) is 12.8 Å². The third kappa shape index (κ3) is 5.79. The van der Waals surface area contributed by atoms with Gasteiger partial charge in [-0.1, -0.05) is 12.8 Å². The van der Waals surface area contributed by atoms with Crippen molar-refractivity contribution in [3.05, 3.63) is 0 Å². The van der Waals surface area contributed by atoms with Crippen molar-refractivity contribution in [2.45, 2.75) is 64.1 Å². The molecule has 1 rings (SSSR count). The molecule has 1 unspecified atom stereocenters. The number of carboxylic acids is 1. The third-order valence-corrected chi connectivity index (χ3v) is 3.67. The van der Waals surface area contributed by atoms with E-state index in [0.29, 0.717) is 12.8 Å². The predicted molar refractivity (Wildman–Crippen MR) is 66.0 cm³/mol. The fourth-order valence-electron chi connectivity index (χ4n) is 2.93. The molecule has 0 aromatic carbocycles. The quantitative estimate of drug-likeness (QED) is 0.792. The monoisotopic (exact) mass is 295 g/mol. The average molecular weight is 295 g/mol. The summed E-state index contributed by atoms with van der Waals surface area (Å²) in [4.78, 5) is 22.7. The molecule has 1 saturated carbocycles. The molecule has 2 N–H and O–H groups in total. The normalized spacial score (nSPS) is 19.6. The second-order valence-electron chi connectivity index (χ2n) is 5.74. The number of halogens is 3. The van der Waals surface area contributed by atoms with Crippen molar-refractivity contribution in [1.29, 1.82) is 0 Å². The van der Waals surface area contributed by atoms with Crippen LogP contribution in [0.25, 0.3) is 0 Å². The van der Waals surface area contributed by atoms with Crippen molar-refractivity contribution in [2.75, 3.05) is 0 Å². The van der Waals surface area contributed by atoms with E-state index < -0.39 is 35.9 Å². The first-order valence-electron chi connectivity index (χ1n) is 6.70. The Hall–Kier alpha value is -1.27. The second kappa shape index (κ2) is 6.45. The van der Waals surface area contributed by atoms with Crippen molar-refractivity contribution in [2.24, 2.45) is 5.41 Å². The molecule has 20 heavy (non-hydrogen) atoms. The van der Waals surface area contributed by atoms with Gasteiger partial charge in [-0.25, -0.2) is 0 Å². The molecule has 1 fully saturated rings. The van der Waals surface area contributed by atoms with Gasteiger partial charge in [0.25, 0.3) is 0 Å². The van der Waals surface area contributed by atoms with Crippen LogP contribution < -0.4 is 5.32 Å². The van der Waals surface area contributed by atoms with Crippen molar-refractivity contribution < 1.29 is 27.9 Å². The second-order valence-corrected chi connectivity index (χ2v) is 5.74. The lowest BCUT2D eigenvalue weighted by Crippen LogP contribution is -2.39. The van der Waals surface area contributed by atoms with Gasteiger partial charge < -0.3 is 10.4 Å². The molecule has 116 valence electrons. The summed E-state index contributed by atoms with van der Waals surface area (Å²) in [6, 6.07) is -0.995. The number of carboxylic acid groups (broad SMARTS) is 1. The van der Waals surface area contributed by atoms with E-state index in [-0.39, 0.29) is 12.8 Å². The van der Waals surface area contributed by atoms with Gasteiger partial charge in [0, 0.05) is 12.5 Å². The molecule has 7 heteroatoms. The van der Waals surface area contributed by atoms with Crippen LogP contribution in [0, 0.1) is 5.41 Å². The number of aliphatic carboxylic acids is 1. The smallest absolute Gasteiger partial charge is 0.391 e. The number of nitrogens with one attached hydrogen (secondary N) is 1. The van der Waals surface area contributed by atoms with Crippen molar-refractivity contribution in [3.8, 4) is 0 Å². The summed E-state index contributed by atoms with van der Waals surface area (Å²) in [7, 11) is 0. The van der Waals surface area contributed by atoms with Gasteiger partial charge in [-0.15, -0.1) is 0 Å². The highest BCUT2D eigenvalue weighted by Crippen LogP contribution is 2.44. The Bertz CT molecular complexity index is 362. The molecule has 0 aromatic rings. The number of amides is 1. The highest BCUT2D eigenvalue weighted by atomic mass is 19.4. The molecular weight excluding hydrogens is 275 g/mol. The molecule has 4 nitrogen and oxygen atoms in total. The van der Waals surface area contributed by atoms with Crippen molar-refractivity contribution in [1.82, 2.24) is 5.32 Å². The van der Waals surface area contributed by atoms with Crippen LogP contribution >= 0.6 is 0 Å². The molecule has 0 saturated heterocycles. The molecule has 1 atom stereocenters. The van der Waals surface area contributed by atoms with Gasteiger partial charge in [0.1, 0.15) is 0 Å². The summed E-state index contributed by atoms with van der Waals surface area (Å²) in [5.74, 6) is -1.46. The molecule has 1 aliphatic carbocycles. The number of hydrogen-bond acceptors (Lipinski definition) is 2. The summed E-state index contributed by atoms with van der Waals surface area (Å²) in [6.07, 6.45) is -2.52. The Morgan fingerprint density at radius 2 is 1.80 bits per heavy atom. The summed E-state index contributed by atoms with van der Waals surface area (Å²) in [5.41, 5.74) is -0.589. The zero-order chi connectivity index (χ0) is 15.4. The van der Waals surface area contributed by atoms with E-state index in [4.69, 9.17) is 5.11 Å². The Morgan fingerprint density at radius 1 is 1.25 bits per heavy atom. The topological polar surface area (TPSA) is 66.4 Å². The molecule has 0 aliphatic heterocycles. The lowest BCUT2D eigenvalue weighted by molar-refractivity contribution is -0.142. The van der Waals surface area contributed by atoms with E-state index in [1.807, 2.05) is 0 Å². The van der Waals surface area contributed by atoms with Crippen LogP contribution in [0.1, 0.15) is 51.9 Å². The minimum atomic E-state index is -4.32. The van der Waals surface area contributed by atoms with Gasteiger partial charge in [0.15, 0.2) is 0 Å². The van der Waals surface area contributed by atoms with Crippen molar-refractivity contribution in [3.63, 3.8) is 0 Å². The minimum absolute atomic E-state index is 0.0124. The first-order chi connectivity index (χ1) is 9.12. The Morgan fingerprint density at radius 3 is 2.25 bits per heavy atom. The summed E-state index contributed by atoms with van der Waals surface area (Å²) in [6.45, 7) is 1.30. The fourth-order valence-corrected chi connectivity index (χ4v) is 2.93. The third-order valence-electron chi connectivity index (χ3n) is 3.67. The predicted octanol–water partition coefficient (Wildman–Crippen LogP) is 2.87. The number of hydrogen-bond donors (Lipinski definition) is 2. The Kier molecular flexibility index (Phi) is 5.42. The molecule has 1 aliphatic rings. The van der Waals surface area contributed by atoms with Crippen molar-refractivity contribution >= 4 is 11.9 Å². The Balaban J connectivity index is 2.52. The summed E-state index contributed by atoms with van der Waals surface area (Å²) >= 11 is 0. The number of carbonyl (C=O) groups excluding carboxylic acids is 1. The van der Waals surface area contributed by atoms with E-state index in [2.05, 4.69) is 5.32 Å². The van der Waals surface area contributed by atoms with Gasteiger partial charge in [0.05, 0.1) is 12.8 Å². The van der Waals surface area contributed by atoms with Crippen LogP contribution in [-0.2, 0) is 9.59 Å². The van der Waals surface area contributed by atoms with Gasteiger partial charge in [-0.05, 0) is 25.2 Å². The van der Waals surface area contributed by atoms with Crippen LogP contribution in [0.2, 0.25) is 0 Å². The molecule has 0 heterocycles. The summed E-state index contributed by atoms with van der Waals surface area (Å²) < 4.78 is 36.5. The van der Waals surface area contributed by atoms with Gasteiger partial charge >= 0.3 is 12.1 Å². The number of carbonyl (C=O) groups is 2. The van der Waals surface area contributed by atoms with E-state index in [1.54, 1.807) is 0 Å². The standard InChI is InChI=1S/C13H20F3NO3/c1-9(6-13(14,15)16)17-10(18)7-12(8-11(19)20)4-2-3-5-12/h9H,2-8H2,1H3,(H,17,18)(H,19,20). The van der Waals surface area contributed by atoms with Crippen LogP contribution in [0.5, 0.6) is 0 Å². The van der Waals surface area contributed by atoms with Crippen LogP contribution in [0.15, 0.2) is 0 Å². The van der Waals surface area contributed by atoms with Gasteiger partial charge in [0.2, 0.25) is 5.91 Å². The minimum Gasteiger partial charge on any atom is -0.481 e.